The molecule has 0 radical (unpaired) electrons. The van der Waals surface area contributed by atoms with Crippen LogP contribution in [-0.4, -0.2) is 0 Å². The molecular weight excluding hydrogens is 216 g/mol. The predicted molar refractivity (Wildman–Crippen MR) is 84.8 cm³/mol. The van der Waals surface area contributed by atoms with Crippen molar-refractivity contribution in [1.82, 2.24) is 0 Å². The van der Waals surface area contributed by atoms with Crippen LogP contribution in [0.3, 0.4) is 0 Å². The van der Waals surface area contributed by atoms with E-state index in [1.165, 1.54) is 12.8 Å². The fourth-order valence-electron chi connectivity index (χ4n) is 2.61. The summed E-state index contributed by atoms with van der Waals surface area (Å²) in [6.07, 6.45) is 2.72. The van der Waals surface area contributed by atoms with E-state index in [0.717, 1.165) is 23.7 Å². The molecule has 18 heavy (non-hydrogen) atoms. The maximum absolute atomic E-state index is 2.46. The Bertz CT molecular complexity index is 229. The zero-order valence-corrected chi connectivity index (χ0v) is 14.7. The molecule has 0 heteroatoms. The lowest BCUT2D eigenvalue weighted by atomic mass is 9.65. The van der Waals surface area contributed by atoms with Crippen LogP contribution in [0.2, 0.25) is 0 Å². The highest BCUT2D eigenvalue weighted by molar-refractivity contribution is 4.83. The minimum atomic E-state index is 0.450. The van der Waals surface area contributed by atoms with Gasteiger partial charge in [0.2, 0.25) is 0 Å². The number of rotatable bonds is 6. The van der Waals surface area contributed by atoms with E-state index < -0.39 is 0 Å². The quantitative estimate of drug-likeness (QED) is 0.514. The van der Waals surface area contributed by atoms with Gasteiger partial charge < -0.3 is 0 Å². The molecule has 0 N–H and O–H groups in total. The topological polar surface area (TPSA) is 0 Å². The van der Waals surface area contributed by atoms with Crippen molar-refractivity contribution in [1.29, 1.82) is 0 Å². The van der Waals surface area contributed by atoms with Gasteiger partial charge in [0.15, 0.2) is 0 Å². The smallest absolute Gasteiger partial charge is 0.0300 e. The zero-order chi connectivity index (χ0) is 14.7. The lowest BCUT2D eigenvalue weighted by molar-refractivity contribution is 0.0864. The first-order valence-corrected chi connectivity index (χ1v) is 7.90. The molecular formula is C18H38. The van der Waals surface area contributed by atoms with Crippen LogP contribution in [0.25, 0.3) is 0 Å². The molecule has 0 aromatic rings. The van der Waals surface area contributed by atoms with Gasteiger partial charge in [0.1, 0.15) is 0 Å². The van der Waals surface area contributed by atoms with E-state index >= 15 is 0 Å². The SMILES string of the molecule is CC(C)C(C)C(C)(C)C(C)CCC(C)C(C)(C)C. The first-order chi connectivity index (χ1) is 7.90. The summed E-state index contributed by atoms with van der Waals surface area (Å²) in [7, 11) is 0. The Morgan fingerprint density at radius 3 is 1.39 bits per heavy atom. The third-order valence-electron chi connectivity index (χ3n) is 5.95. The van der Waals surface area contributed by atoms with Gasteiger partial charge in [0.05, 0.1) is 0 Å². The summed E-state index contributed by atoms with van der Waals surface area (Å²) in [6.45, 7) is 24.0. The molecule has 0 nitrogen and oxygen atoms in total. The van der Waals surface area contributed by atoms with Crippen molar-refractivity contribution < 1.29 is 0 Å². The minimum Gasteiger partial charge on any atom is -0.0625 e. The van der Waals surface area contributed by atoms with E-state index in [9.17, 15) is 0 Å². The molecule has 0 aliphatic carbocycles. The van der Waals surface area contributed by atoms with Gasteiger partial charge in [-0.15, -0.1) is 0 Å². The van der Waals surface area contributed by atoms with Crippen molar-refractivity contribution in [2.45, 2.75) is 82.1 Å². The molecule has 0 rings (SSSR count). The molecule has 3 unspecified atom stereocenters. The highest BCUT2D eigenvalue weighted by Gasteiger charge is 2.34. The van der Waals surface area contributed by atoms with Crippen molar-refractivity contribution in [3.8, 4) is 0 Å². The zero-order valence-electron chi connectivity index (χ0n) is 14.7. The molecule has 0 spiro atoms. The largest absolute Gasteiger partial charge is 0.0625 e. The summed E-state index contributed by atoms with van der Waals surface area (Å²) < 4.78 is 0. The molecule has 0 aliphatic heterocycles. The van der Waals surface area contributed by atoms with Crippen molar-refractivity contribution >= 4 is 0 Å². The summed E-state index contributed by atoms with van der Waals surface area (Å²) in [5.74, 6) is 3.18. The summed E-state index contributed by atoms with van der Waals surface area (Å²) in [6, 6.07) is 0. The van der Waals surface area contributed by atoms with Gasteiger partial charge in [-0.25, -0.2) is 0 Å². The molecule has 0 saturated heterocycles. The van der Waals surface area contributed by atoms with Crippen LogP contribution in [0.1, 0.15) is 82.1 Å². The van der Waals surface area contributed by atoms with E-state index in [0.29, 0.717) is 10.8 Å². The molecule has 3 atom stereocenters. The Balaban J connectivity index is 4.45. The average molecular weight is 255 g/mol. The molecule has 0 saturated carbocycles. The summed E-state index contributed by atoms with van der Waals surface area (Å²) >= 11 is 0. The molecule has 0 aromatic carbocycles. The maximum Gasteiger partial charge on any atom is -0.0300 e. The molecule has 0 aliphatic rings. The van der Waals surface area contributed by atoms with Crippen LogP contribution in [0, 0.1) is 34.5 Å². The third-order valence-corrected chi connectivity index (χ3v) is 5.95. The van der Waals surface area contributed by atoms with Crippen LogP contribution in [0.4, 0.5) is 0 Å². The molecule has 0 fully saturated rings. The van der Waals surface area contributed by atoms with Crippen LogP contribution >= 0.6 is 0 Å². The monoisotopic (exact) mass is 254 g/mol. The first-order valence-electron chi connectivity index (χ1n) is 7.90. The molecule has 0 aromatic heterocycles. The van der Waals surface area contributed by atoms with Crippen LogP contribution in [-0.2, 0) is 0 Å². The predicted octanol–water partition coefficient (Wildman–Crippen LogP) is 6.40. The van der Waals surface area contributed by atoms with E-state index in [-0.39, 0.29) is 0 Å². The Morgan fingerprint density at radius 1 is 0.667 bits per heavy atom. The fourth-order valence-corrected chi connectivity index (χ4v) is 2.61. The van der Waals surface area contributed by atoms with Crippen molar-refractivity contribution in [2.75, 3.05) is 0 Å². The van der Waals surface area contributed by atoms with Crippen LogP contribution in [0.15, 0.2) is 0 Å². The Kier molecular flexibility index (Phi) is 6.44. The molecule has 110 valence electrons. The van der Waals surface area contributed by atoms with Gasteiger partial charge >= 0.3 is 0 Å². The Hall–Kier alpha value is 0. The molecule has 0 bridgehead atoms. The second-order valence-electron chi connectivity index (χ2n) is 8.60. The molecule has 0 heterocycles. The van der Waals surface area contributed by atoms with Gasteiger partial charge in [-0.2, -0.15) is 0 Å². The van der Waals surface area contributed by atoms with Crippen molar-refractivity contribution in [3.05, 3.63) is 0 Å². The highest BCUT2D eigenvalue weighted by Crippen LogP contribution is 2.42. The summed E-state index contributed by atoms with van der Waals surface area (Å²) in [4.78, 5) is 0. The summed E-state index contributed by atoms with van der Waals surface area (Å²) in [5.41, 5.74) is 0.902. The second-order valence-corrected chi connectivity index (χ2v) is 8.60. The lowest BCUT2D eigenvalue weighted by Crippen LogP contribution is -2.33. The third kappa shape index (κ3) is 4.94. The van der Waals surface area contributed by atoms with Gasteiger partial charge in [0.25, 0.3) is 0 Å². The van der Waals surface area contributed by atoms with Gasteiger partial charge in [0, 0.05) is 0 Å². The van der Waals surface area contributed by atoms with E-state index in [1.807, 2.05) is 0 Å². The van der Waals surface area contributed by atoms with E-state index in [4.69, 9.17) is 0 Å². The Labute approximate surface area is 117 Å². The van der Waals surface area contributed by atoms with Crippen molar-refractivity contribution in [3.63, 3.8) is 0 Å². The van der Waals surface area contributed by atoms with Crippen LogP contribution < -0.4 is 0 Å². The van der Waals surface area contributed by atoms with Crippen molar-refractivity contribution in [2.24, 2.45) is 34.5 Å². The number of hydrogen-bond acceptors (Lipinski definition) is 0. The highest BCUT2D eigenvalue weighted by atomic mass is 14.4. The normalized spacial score (nSPS) is 18.8. The second kappa shape index (κ2) is 6.44. The van der Waals surface area contributed by atoms with Gasteiger partial charge in [-0.3, -0.25) is 0 Å². The average Bonchev–Trinajstić information content (AvgIpc) is 2.22. The standard InChI is InChI=1S/C18H38/c1-13(2)16(5)18(9,10)15(4)12-11-14(3)17(6,7)8/h13-16H,11-12H2,1-10H3. The van der Waals surface area contributed by atoms with E-state index in [2.05, 4.69) is 69.2 Å². The lowest BCUT2D eigenvalue weighted by Gasteiger charge is -2.41. The first kappa shape index (κ1) is 18.0. The van der Waals surface area contributed by atoms with Crippen LogP contribution in [0.5, 0.6) is 0 Å². The van der Waals surface area contributed by atoms with Gasteiger partial charge in [-0.05, 0) is 47.3 Å². The number of hydrogen-bond donors (Lipinski definition) is 0. The fraction of sp³-hybridized carbons (Fsp3) is 1.00. The maximum atomic E-state index is 2.46. The summed E-state index contributed by atoms with van der Waals surface area (Å²) in [5, 5.41) is 0. The molecule has 0 amide bonds. The van der Waals surface area contributed by atoms with E-state index in [1.54, 1.807) is 0 Å². The van der Waals surface area contributed by atoms with Gasteiger partial charge in [-0.1, -0.05) is 69.2 Å². The Morgan fingerprint density at radius 2 is 1.06 bits per heavy atom. The minimum absolute atomic E-state index is 0.450.